The summed E-state index contributed by atoms with van der Waals surface area (Å²) in [5.41, 5.74) is 8.89. The standard InChI is InChI=1S/C14H21N3/c1-4-5-9-17-12-8-6-7-11(15)13(12)16-14(17)10(2)3/h6-8,10H,4-5,9,15H2,1-3H3. The number of hydrogen-bond acceptors (Lipinski definition) is 2. The van der Waals surface area contributed by atoms with Crippen molar-refractivity contribution in [3.63, 3.8) is 0 Å². The number of nitrogens with two attached hydrogens (primary N) is 1. The van der Waals surface area contributed by atoms with Gasteiger partial charge in [-0.15, -0.1) is 0 Å². The molecule has 2 N–H and O–H groups in total. The van der Waals surface area contributed by atoms with E-state index in [4.69, 9.17) is 10.7 Å². The molecule has 17 heavy (non-hydrogen) atoms. The minimum Gasteiger partial charge on any atom is -0.397 e. The Labute approximate surface area is 103 Å². The molecular formula is C14H21N3. The van der Waals surface area contributed by atoms with Crippen LogP contribution in [0.25, 0.3) is 11.0 Å². The fourth-order valence-electron chi connectivity index (χ4n) is 2.18. The van der Waals surface area contributed by atoms with E-state index in [9.17, 15) is 0 Å². The predicted molar refractivity (Wildman–Crippen MR) is 73.1 cm³/mol. The number of rotatable bonds is 4. The number of para-hydroxylation sites is 1. The lowest BCUT2D eigenvalue weighted by atomic mass is 10.2. The fourth-order valence-corrected chi connectivity index (χ4v) is 2.18. The SMILES string of the molecule is CCCCn1c(C(C)C)nc2c(N)cccc21. The van der Waals surface area contributed by atoms with Crippen LogP contribution in [0, 0.1) is 0 Å². The van der Waals surface area contributed by atoms with Crippen LogP contribution in [-0.2, 0) is 6.54 Å². The van der Waals surface area contributed by atoms with Crippen LogP contribution in [0.1, 0.15) is 45.4 Å². The number of fused-ring (bicyclic) bond motifs is 1. The van der Waals surface area contributed by atoms with Crippen LogP contribution in [0.4, 0.5) is 5.69 Å². The van der Waals surface area contributed by atoms with Crippen LogP contribution >= 0.6 is 0 Å². The summed E-state index contributed by atoms with van der Waals surface area (Å²) in [6.07, 6.45) is 2.37. The molecule has 1 aromatic heterocycles. The highest BCUT2D eigenvalue weighted by Crippen LogP contribution is 2.26. The van der Waals surface area contributed by atoms with E-state index in [2.05, 4.69) is 31.4 Å². The molecule has 3 heteroatoms. The van der Waals surface area contributed by atoms with E-state index in [0.717, 1.165) is 23.6 Å². The van der Waals surface area contributed by atoms with Gasteiger partial charge in [-0.1, -0.05) is 33.3 Å². The second kappa shape index (κ2) is 4.78. The van der Waals surface area contributed by atoms with Crippen LogP contribution in [-0.4, -0.2) is 9.55 Å². The Bertz CT molecular complexity index is 511. The van der Waals surface area contributed by atoms with Gasteiger partial charge in [0.05, 0.1) is 11.2 Å². The second-order valence-corrected chi connectivity index (χ2v) is 4.84. The molecule has 0 saturated carbocycles. The van der Waals surface area contributed by atoms with Crippen molar-refractivity contribution >= 4 is 16.7 Å². The molecule has 1 aromatic carbocycles. The summed E-state index contributed by atoms with van der Waals surface area (Å²) in [6.45, 7) is 7.60. The highest BCUT2D eigenvalue weighted by Gasteiger charge is 2.14. The monoisotopic (exact) mass is 231 g/mol. The van der Waals surface area contributed by atoms with E-state index in [1.807, 2.05) is 12.1 Å². The molecule has 0 aliphatic heterocycles. The van der Waals surface area contributed by atoms with Gasteiger partial charge >= 0.3 is 0 Å². The Hall–Kier alpha value is -1.51. The molecule has 0 unspecified atom stereocenters. The zero-order valence-corrected chi connectivity index (χ0v) is 10.9. The Morgan fingerprint density at radius 1 is 1.35 bits per heavy atom. The van der Waals surface area contributed by atoms with Crippen molar-refractivity contribution in [3.8, 4) is 0 Å². The molecule has 0 spiro atoms. The molecule has 2 aromatic rings. The summed E-state index contributed by atoms with van der Waals surface area (Å²) in [5.74, 6) is 1.57. The Kier molecular flexibility index (Phi) is 3.36. The van der Waals surface area contributed by atoms with Gasteiger partial charge in [-0.25, -0.2) is 4.98 Å². The molecule has 3 nitrogen and oxygen atoms in total. The molecule has 0 aliphatic rings. The van der Waals surface area contributed by atoms with Crippen molar-refractivity contribution < 1.29 is 0 Å². The van der Waals surface area contributed by atoms with Crippen molar-refractivity contribution in [2.24, 2.45) is 0 Å². The zero-order valence-electron chi connectivity index (χ0n) is 10.9. The van der Waals surface area contributed by atoms with E-state index in [0.29, 0.717) is 5.92 Å². The Balaban J connectivity index is 2.59. The number of anilines is 1. The molecule has 0 saturated heterocycles. The van der Waals surface area contributed by atoms with E-state index in [1.54, 1.807) is 0 Å². The Morgan fingerprint density at radius 3 is 2.76 bits per heavy atom. The van der Waals surface area contributed by atoms with Crippen molar-refractivity contribution in [2.45, 2.75) is 46.1 Å². The average Bonchev–Trinajstić information content (AvgIpc) is 2.67. The summed E-state index contributed by atoms with van der Waals surface area (Å²) in [4.78, 5) is 4.70. The van der Waals surface area contributed by atoms with Crippen molar-refractivity contribution in [3.05, 3.63) is 24.0 Å². The first-order valence-electron chi connectivity index (χ1n) is 6.39. The summed E-state index contributed by atoms with van der Waals surface area (Å²) in [7, 11) is 0. The molecule has 0 radical (unpaired) electrons. The summed E-state index contributed by atoms with van der Waals surface area (Å²) >= 11 is 0. The van der Waals surface area contributed by atoms with Crippen LogP contribution in [0.5, 0.6) is 0 Å². The highest BCUT2D eigenvalue weighted by molar-refractivity contribution is 5.87. The maximum atomic E-state index is 5.99. The van der Waals surface area contributed by atoms with Gasteiger partial charge in [-0.05, 0) is 18.6 Å². The maximum Gasteiger partial charge on any atom is 0.112 e. The van der Waals surface area contributed by atoms with Gasteiger partial charge in [0.1, 0.15) is 11.3 Å². The molecule has 0 atom stereocenters. The number of nitrogen functional groups attached to an aromatic ring is 1. The van der Waals surface area contributed by atoms with E-state index < -0.39 is 0 Å². The molecule has 0 fully saturated rings. The third-order valence-electron chi connectivity index (χ3n) is 3.09. The first-order valence-corrected chi connectivity index (χ1v) is 6.39. The number of hydrogen-bond donors (Lipinski definition) is 1. The van der Waals surface area contributed by atoms with E-state index in [1.165, 1.54) is 18.4 Å². The first-order chi connectivity index (χ1) is 8.15. The third-order valence-corrected chi connectivity index (χ3v) is 3.09. The van der Waals surface area contributed by atoms with Crippen molar-refractivity contribution in [2.75, 3.05) is 5.73 Å². The van der Waals surface area contributed by atoms with Crippen LogP contribution in [0.3, 0.4) is 0 Å². The van der Waals surface area contributed by atoms with Gasteiger partial charge in [0, 0.05) is 12.5 Å². The smallest absolute Gasteiger partial charge is 0.112 e. The van der Waals surface area contributed by atoms with E-state index in [-0.39, 0.29) is 0 Å². The van der Waals surface area contributed by atoms with Crippen LogP contribution in [0.15, 0.2) is 18.2 Å². The molecule has 0 amide bonds. The third kappa shape index (κ3) is 2.14. The fraction of sp³-hybridized carbons (Fsp3) is 0.500. The molecule has 1 heterocycles. The van der Waals surface area contributed by atoms with Gasteiger partial charge in [-0.3, -0.25) is 0 Å². The minimum atomic E-state index is 0.429. The minimum absolute atomic E-state index is 0.429. The van der Waals surface area contributed by atoms with Gasteiger partial charge in [0.2, 0.25) is 0 Å². The van der Waals surface area contributed by atoms with Crippen molar-refractivity contribution in [1.82, 2.24) is 9.55 Å². The maximum absolute atomic E-state index is 5.99. The lowest BCUT2D eigenvalue weighted by Crippen LogP contribution is -2.05. The van der Waals surface area contributed by atoms with Gasteiger partial charge in [0.25, 0.3) is 0 Å². The lowest BCUT2D eigenvalue weighted by molar-refractivity contribution is 0.595. The quantitative estimate of drug-likeness (QED) is 0.818. The molecule has 0 aliphatic carbocycles. The number of benzene rings is 1. The number of nitrogens with zero attached hydrogens (tertiary/aromatic N) is 2. The second-order valence-electron chi connectivity index (χ2n) is 4.84. The number of imidazole rings is 1. The number of aryl methyl sites for hydroxylation is 1. The molecule has 0 bridgehead atoms. The van der Waals surface area contributed by atoms with Crippen LogP contribution in [0.2, 0.25) is 0 Å². The normalized spacial score (nSPS) is 11.5. The zero-order chi connectivity index (χ0) is 12.4. The Morgan fingerprint density at radius 2 is 2.12 bits per heavy atom. The summed E-state index contributed by atoms with van der Waals surface area (Å²) in [6, 6.07) is 6.04. The highest BCUT2D eigenvalue weighted by atomic mass is 15.1. The van der Waals surface area contributed by atoms with Gasteiger partial charge < -0.3 is 10.3 Å². The molecule has 2 rings (SSSR count). The summed E-state index contributed by atoms with van der Waals surface area (Å²) in [5, 5.41) is 0. The summed E-state index contributed by atoms with van der Waals surface area (Å²) < 4.78 is 2.32. The first kappa shape index (κ1) is 12.0. The number of aromatic nitrogens is 2. The predicted octanol–water partition coefficient (Wildman–Crippen LogP) is 3.54. The molecule has 92 valence electrons. The average molecular weight is 231 g/mol. The van der Waals surface area contributed by atoms with Gasteiger partial charge in [-0.2, -0.15) is 0 Å². The topological polar surface area (TPSA) is 43.8 Å². The molecular weight excluding hydrogens is 210 g/mol. The largest absolute Gasteiger partial charge is 0.397 e. The van der Waals surface area contributed by atoms with Crippen LogP contribution < -0.4 is 5.73 Å². The van der Waals surface area contributed by atoms with Gasteiger partial charge in [0.15, 0.2) is 0 Å². The van der Waals surface area contributed by atoms with E-state index >= 15 is 0 Å². The lowest BCUT2D eigenvalue weighted by Gasteiger charge is -2.10. The van der Waals surface area contributed by atoms with Crippen molar-refractivity contribution in [1.29, 1.82) is 0 Å². The number of unbranched alkanes of at least 4 members (excludes halogenated alkanes) is 1.